The summed E-state index contributed by atoms with van der Waals surface area (Å²) >= 11 is 0. The third-order valence-electron chi connectivity index (χ3n) is 5.36. The number of hydrogen-bond donors (Lipinski definition) is 2. The van der Waals surface area contributed by atoms with Crippen LogP contribution >= 0.6 is 0 Å². The zero-order valence-corrected chi connectivity index (χ0v) is 17.7. The SMILES string of the molecule is Cc1cccc(C(=O)N2CCCN(S(=O)(=O)c3ccc4[nH]c(=O)[nH]c(=O)c4c3)CC2)c1. The Morgan fingerprint density at radius 3 is 2.55 bits per heavy atom. The molecule has 1 aromatic heterocycles. The molecule has 162 valence electrons. The van der Waals surface area contributed by atoms with Crippen LogP contribution in [-0.2, 0) is 10.0 Å². The van der Waals surface area contributed by atoms with Gasteiger partial charge in [-0.1, -0.05) is 17.7 Å². The summed E-state index contributed by atoms with van der Waals surface area (Å²) in [6.07, 6.45) is 0.498. The summed E-state index contributed by atoms with van der Waals surface area (Å²) in [5.74, 6) is -0.121. The topological polar surface area (TPSA) is 123 Å². The number of aryl methyl sites for hydroxylation is 1. The van der Waals surface area contributed by atoms with E-state index >= 15 is 0 Å². The van der Waals surface area contributed by atoms with Gasteiger partial charge in [-0.05, 0) is 43.7 Å². The number of carbonyl (C=O) groups is 1. The molecule has 10 heteroatoms. The maximum atomic E-state index is 13.2. The lowest BCUT2D eigenvalue weighted by Gasteiger charge is -2.22. The zero-order chi connectivity index (χ0) is 22.2. The number of sulfonamides is 1. The number of aromatic nitrogens is 2. The van der Waals surface area contributed by atoms with Crippen molar-refractivity contribution in [1.29, 1.82) is 0 Å². The van der Waals surface area contributed by atoms with Crippen LogP contribution in [0.5, 0.6) is 0 Å². The summed E-state index contributed by atoms with van der Waals surface area (Å²) in [5.41, 5.74) is 0.524. The van der Waals surface area contributed by atoms with Crippen molar-refractivity contribution in [2.75, 3.05) is 26.2 Å². The van der Waals surface area contributed by atoms with Gasteiger partial charge in [0, 0.05) is 31.7 Å². The molecule has 2 aromatic carbocycles. The van der Waals surface area contributed by atoms with Gasteiger partial charge < -0.3 is 9.88 Å². The number of H-pyrrole nitrogens is 2. The second kappa shape index (κ2) is 8.12. The third kappa shape index (κ3) is 4.17. The van der Waals surface area contributed by atoms with Gasteiger partial charge in [0.15, 0.2) is 0 Å². The molecular weight excluding hydrogens is 420 g/mol. The Morgan fingerprint density at radius 1 is 0.968 bits per heavy atom. The zero-order valence-electron chi connectivity index (χ0n) is 16.9. The van der Waals surface area contributed by atoms with E-state index in [1.54, 1.807) is 11.0 Å². The Kier molecular flexibility index (Phi) is 5.50. The molecule has 9 nitrogen and oxygen atoms in total. The first-order chi connectivity index (χ1) is 14.8. The molecule has 31 heavy (non-hydrogen) atoms. The summed E-state index contributed by atoms with van der Waals surface area (Å²) in [6, 6.07) is 11.4. The van der Waals surface area contributed by atoms with E-state index in [0.29, 0.717) is 18.5 Å². The number of fused-ring (bicyclic) bond motifs is 1. The standard InChI is InChI=1S/C21H22N4O5S/c1-14-4-2-5-15(12-14)20(27)24-8-3-9-25(11-10-24)31(29,30)16-6-7-18-17(13-16)19(26)23-21(28)22-18/h2,4-7,12-13H,3,8-11H2,1H3,(H2,22,23,26,28). The maximum Gasteiger partial charge on any atom is 0.326 e. The van der Waals surface area contributed by atoms with Crippen molar-refractivity contribution in [2.24, 2.45) is 0 Å². The molecule has 2 N–H and O–H groups in total. The average Bonchev–Trinajstić information content (AvgIpc) is 2.99. The number of benzene rings is 2. The van der Waals surface area contributed by atoms with Crippen LogP contribution in [0.1, 0.15) is 22.3 Å². The Hall–Kier alpha value is -3.24. The lowest BCUT2D eigenvalue weighted by Crippen LogP contribution is -2.37. The fraction of sp³-hybridized carbons (Fsp3) is 0.286. The number of nitrogens with zero attached hydrogens (tertiary/aromatic N) is 2. The summed E-state index contributed by atoms with van der Waals surface area (Å²) in [5, 5.41) is 0.0896. The summed E-state index contributed by atoms with van der Waals surface area (Å²) in [7, 11) is -3.87. The fourth-order valence-electron chi connectivity index (χ4n) is 3.75. The molecule has 0 spiro atoms. The van der Waals surface area contributed by atoms with Gasteiger partial charge >= 0.3 is 5.69 Å². The van der Waals surface area contributed by atoms with Gasteiger partial charge in [-0.25, -0.2) is 13.2 Å². The van der Waals surface area contributed by atoms with Crippen LogP contribution in [0.3, 0.4) is 0 Å². The molecule has 0 unspecified atom stereocenters. The molecule has 1 aliphatic heterocycles. The fourth-order valence-corrected chi connectivity index (χ4v) is 5.25. The number of carbonyl (C=O) groups excluding carboxylic acids is 1. The first-order valence-corrected chi connectivity index (χ1v) is 11.3. The minimum absolute atomic E-state index is 0.0315. The minimum atomic E-state index is -3.87. The van der Waals surface area contributed by atoms with Crippen LogP contribution in [0.2, 0.25) is 0 Å². The van der Waals surface area contributed by atoms with Gasteiger partial charge in [0.05, 0.1) is 15.8 Å². The second-order valence-electron chi connectivity index (χ2n) is 7.53. The van der Waals surface area contributed by atoms with Crippen molar-refractivity contribution in [3.63, 3.8) is 0 Å². The van der Waals surface area contributed by atoms with Gasteiger partial charge in [-0.3, -0.25) is 14.6 Å². The Labute approximate surface area is 178 Å². The van der Waals surface area contributed by atoms with Gasteiger partial charge in [0.1, 0.15) is 0 Å². The predicted octanol–water partition coefficient (Wildman–Crippen LogP) is 1.06. The van der Waals surface area contributed by atoms with Gasteiger partial charge in [-0.2, -0.15) is 4.31 Å². The third-order valence-corrected chi connectivity index (χ3v) is 7.25. The maximum absolute atomic E-state index is 13.2. The van der Waals surface area contributed by atoms with Crippen LogP contribution in [0.25, 0.3) is 10.9 Å². The Balaban J connectivity index is 1.57. The Morgan fingerprint density at radius 2 is 1.77 bits per heavy atom. The van der Waals surface area contributed by atoms with Crippen LogP contribution < -0.4 is 11.2 Å². The number of hydrogen-bond acceptors (Lipinski definition) is 5. The van der Waals surface area contributed by atoms with Crippen LogP contribution in [0.4, 0.5) is 0 Å². The number of rotatable bonds is 3. The molecule has 0 saturated carbocycles. The van der Waals surface area contributed by atoms with E-state index in [2.05, 4.69) is 9.97 Å². The molecule has 0 bridgehead atoms. The van der Waals surface area contributed by atoms with Crippen molar-refractivity contribution in [1.82, 2.24) is 19.2 Å². The van der Waals surface area contributed by atoms with Crippen molar-refractivity contribution in [3.05, 3.63) is 74.4 Å². The molecule has 4 rings (SSSR count). The predicted molar refractivity (Wildman–Crippen MR) is 116 cm³/mol. The summed E-state index contributed by atoms with van der Waals surface area (Å²) < 4.78 is 27.7. The number of nitrogens with one attached hydrogen (secondary N) is 2. The highest BCUT2D eigenvalue weighted by atomic mass is 32.2. The monoisotopic (exact) mass is 442 g/mol. The number of aromatic amines is 2. The van der Waals surface area contributed by atoms with E-state index in [1.807, 2.05) is 25.1 Å². The van der Waals surface area contributed by atoms with Crippen molar-refractivity contribution < 1.29 is 13.2 Å². The first-order valence-electron chi connectivity index (χ1n) is 9.88. The normalized spacial score (nSPS) is 15.7. The van der Waals surface area contributed by atoms with E-state index in [1.165, 1.54) is 22.5 Å². The highest BCUT2D eigenvalue weighted by Gasteiger charge is 2.29. The molecule has 3 aromatic rings. The first kappa shape index (κ1) is 21.0. The molecule has 1 saturated heterocycles. The van der Waals surface area contributed by atoms with E-state index in [9.17, 15) is 22.8 Å². The van der Waals surface area contributed by atoms with Gasteiger partial charge in [0.2, 0.25) is 10.0 Å². The second-order valence-corrected chi connectivity index (χ2v) is 9.47. The molecular formula is C21H22N4O5S. The highest BCUT2D eigenvalue weighted by Crippen LogP contribution is 2.21. The average molecular weight is 442 g/mol. The lowest BCUT2D eigenvalue weighted by molar-refractivity contribution is 0.0764. The molecule has 0 radical (unpaired) electrons. The van der Waals surface area contributed by atoms with Crippen LogP contribution in [-0.4, -0.2) is 59.7 Å². The molecule has 1 amide bonds. The van der Waals surface area contributed by atoms with Gasteiger partial charge in [0.25, 0.3) is 11.5 Å². The molecule has 2 heterocycles. The minimum Gasteiger partial charge on any atom is -0.337 e. The quantitative estimate of drug-likeness (QED) is 0.628. The van der Waals surface area contributed by atoms with Gasteiger partial charge in [-0.15, -0.1) is 0 Å². The van der Waals surface area contributed by atoms with E-state index < -0.39 is 21.3 Å². The van der Waals surface area contributed by atoms with Crippen molar-refractivity contribution >= 4 is 26.8 Å². The molecule has 1 fully saturated rings. The van der Waals surface area contributed by atoms with Crippen LogP contribution in [0, 0.1) is 6.92 Å². The molecule has 0 atom stereocenters. The summed E-state index contributed by atoms with van der Waals surface area (Å²) in [6.45, 7) is 3.06. The van der Waals surface area contributed by atoms with E-state index in [0.717, 1.165) is 5.56 Å². The van der Waals surface area contributed by atoms with Crippen molar-refractivity contribution in [2.45, 2.75) is 18.2 Å². The Bertz CT molecular complexity index is 1380. The largest absolute Gasteiger partial charge is 0.337 e. The molecule has 1 aliphatic rings. The summed E-state index contributed by atoms with van der Waals surface area (Å²) in [4.78, 5) is 42.5. The number of amides is 1. The van der Waals surface area contributed by atoms with Crippen LogP contribution in [0.15, 0.2) is 56.9 Å². The highest BCUT2D eigenvalue weighted by molar-refractivity contribution is 7.89. The van der Waals surface area contributed by atoms with E-state index in [-0.39, 0.29) is 41.3 Å². The lowest BCUT2D eigenvalue weighted by atomic mass is 10.1. The van der Waals surface area contributed by atoms with E-state index in [4.69, 9.17) is 0 Å². The van der Waals surface area contributed by atoms with Crippen molar-refractivity contribution in [3.8, 4) is 0 Å². The molecule has 0 aliphatic carbocycles. The smallest absolute Gasteiger partial charge is 0.326 e.